The molecule has 2 aromatic rings. The minimum absolute atomic E-state index is 0.107. The number of nitrogens with zero attached hydrogens (tertiary/aromatic N) is 2. The summed E-state index contributed by atoms with van der Waals surface area (Å²) in [5.41, 5.74) is 6.24. The maximum absolute atomic E-state index is 12.8. The molecular formula is C13H17FN4O2S. The molecule has 0 spiro atoms. The Kier molecular flexibility index (Phi) is 5.05. The van der Waals surface area contributed by atoms with Gasteiger partial charge in [0.05, 0.1) is 12.7 Å². The summed E-state index contributed by atoms with van der Waals surface area (Å²) in [6, 6.07) is 5.95. The number of hydrogen-bond donors (Lipinski definition) is 2. The number of nitrogens with one attached hydrogen (secondary N) is 1. The first-order chi connectivity index (χ1) is 10.0. The van der Waals surface area contributed by atoms with Gasteiger partial charge >= 0.3 is 0 Å². The van der Waals surface area contributed by atoms with Crippen LogP contribution in [0.3, 0.4) is 0 Å². The van der Waals surface area contributed by atoms with E-state index in [4.69, 9.17) is 5.73 Å². The van der Waals surface area contributed by atoms with Gasteiger partial charge in [-0.05, 0) is 24.1 Å². The molecule has 1 heterocycles. The van der Waals surface area contributed by atoms with Crippen LogP contribution in [-0.4, -0.2) is 31.3 Å². The van der Waals surface area contributed by atoms with Crippen LogP contribution in [0.15, 0.2) is 41.6 Å². The summed E-state index contributed by atoms with van der Waals surface area (Å²) in [4.78, 5) is 0.107. The van der Waals surface area contributed by atoms with Gasteiger partial charge in [-0.15, -0.1) is 0 Å². The Bertz CT molecular complexity index is 682. The molecule has 0 atom stereocenters. The van der Waals surface area contributed by atoms with E-state index in [-0.39, 0.29) is 17.3 Å². The Morgan fingerprint density at radius 3 is 2.67 bits per heavy atom. The summed E-state index contributed by atoms with van der Waals surface area (Å²) in [5.74, 6) is -0.313. The van der Waals surface area contributed by atoms with Crippen LogP contribution >= 0.6 is 0 Å². The highest BCUT2D eigenvalue weighted by Crippen LogP contribution is 2.07. The van der Waals surface area contributed by atoms with Gasteiger partial charge in [0.15, 0.2) is 0 Å². The second kappa shape index (κ2) is 6.79. The minimum Gasteiger partial charge on any atom is -0.329 e. The molecular weight excluding hydrogens is 295 g/mol. The van der Waals surface area contributed by atoms with Gasteiger partial charge in [-0.1, -0.05) is 12.1 Å². The second-order valence-electron chi connectivity index (χ2n) is 4.50. The van der Waals surface area contributed by atoms with Crippen LogP contribution in [0.4, 0.5) is 4.39 Å². The number of rotatable bonds is 7. The van der Waals surface area contributed by atoms with Crippen molar-refractivity contribution >= 4 is 10.0 Å². The zero-order valence-corrected chi connectivity index (χ0v) is 12.2. The highest BCUT2D eigenvalue weighted by Gasteiger charge is 2.15. The van der Waals surface area contributed by atoms with Crippen LogP contribution in [0.1, 0.15) is 5.56 Å². The number of halogens is 1. The van der Waals surface area contributed by atoms with Crippen LogP contribution in [0.2, 0.25) is 0 Å². The molecule has 1 aromatic carbocycles. The number of aromatic nitrogens is 2. The molecule has 0 bridgehead atoms. The maximum Gasteiger partial charge on any atom is 0.243 e. The fourth-order valence-electron chi connectivity index (χ4n) is 1.80. The molecule has 1 aromatic heterocycles. The molecule has 0 aliphatic rings. The summed E-state index contributed by atoms with van der Waals surface area (Å²) in [6.45, 7) is 1.08. The van der Waals surface area contributed by atoms with E-state index >= 15 is 0 Å². The lowest BCUT2D eigenvalue weighted by Crippen LogP contribution is -2.25. The van der Waals surface area contributed by atoms with Crippen molar-refractivity contribution in [2.75, 3.05) is 13.1 Å². The Balaban J connectivity index is 1.92. The van der Waals surface area contributed by atoms with Gasteiger partial charge in [-0.2, -0.15) is 5.10 Å². The first kappa shape index (κ1) is 15.6. The molecule has 114 valence electrons. The molecule has 21 heavy (non-hydrogen) atoms. The zero-order chi connectivity index (χ0) is 15.3. The standard InChI is InChI=1S/C13H17FN4O2S/c14-12-3-1-11(2-4-12)5-7-17-21(19,20)13-9-16-18(10-13)8-6-15/h1-4,9-10,17H,5-8,15H2. The lowest BCUT2D eigenvalue weighted by Gasteiger charge is -2.05. The van der Waals surface area contributed by atoms with E-state index in [9.17, 15) is 12.8 Å². The summed E-state index contributed by atoms with van der Waals surface area (Å²) in [6.07, 6.45) is 3.21. The van der Waals surface area contributed by atoms with Crippen molar-refractivity contribution < 1.29 is 12.8 Å². The zero-order valence-electron chi connectivity index (χ0n) is 11.4. The SMILES string of the molecule is NCCn1cc(S(=O)(=O)NCCc2ccc(F)cc2)cn1. The Labute approximate surface area is 122 Å². The van der Waals surface area contributed by atoms with Gasteiger partial charge < -0.3 is 5.73 Å². The van der Waals surface area contributed by atoms with Crippen molar-refractivity contribution in [1.29, 1.82) is 0 Å². The van der Waals surface area contributed by atoms with E-state index < -0.39 is 10.0 Å². The molecule has 2 rings (SSSR count). The molecule has 0 aliphatic carbocycles. The predicted molar refractivity (Wildman–Crippen MR) is 76.6 cm³/mol. The molecule has 0 saturated carbocycles. The first-order valence-electron chi connectivity index (χ1n) is 6.48. The molecule has 0 radical (unpaired) electrons. The normalized spacial score (nSPS) is 11.7. The van der Waals surface area contributed by atoms with Crippen molar-refractivity contribution in [1.82, 2.24) is 14.5 Å². The molecule has 3 N–H and O–H groups in total. The fraction of sp³-hybridized carbons (Fsp3) is 0.308. The minimum atomic E-state index is -3.58. The smallest absolute Gasteiger partial charge is 0.243 e. The van der Waals surface area contributed by atoms with Crippen LogP contribution in [0, 0.1) is 5.82 Å². The quantitative estimate of drug-likeness (QED) is 0.779. The van der Waals surface area contributed by atoms with Gasteiger partial charge in [0.25, 0.3) is 0 Å². The van der Waals surface area contributed by atoms with Gasteiger partial charge in [-0.3, -0.25) is 4.68 Å². The molecule has 0 aliphatic heterocycles. The Morgan fingerprint density at radius 1 is 1.29 bits per heavy atom. The lowest BCUT2D eigenvalue weighted by molar-refractivity contribution is 0.580. The third kappa shape index (κ3) is 4.35. The Hall–Kier alpha value is -1.77. The summed E-state index contributed by atoms with van der Waals surface area (Å²) < 4.78 is 40.8. The van der Waals surface area contributed by atoms with E-state index in [0.29, 0.717) is 19.5 Å². The topological polar surface area (TPSA) is 90.0 Å². The summed E-state index contributed by atoms with van der Waals surface area (Å²) in [5, 5.41) is 3.92. The molecule has 6 nitrogen and oxygen atoms in total. The van der Waals surface area contributed by atoms with Crippen LogP contribution in [0.25, 0.3) is 0 Å². The third-order valence-corrected chi connectivity index (χ3v) is 4.31. The predicted octanol–water partition coefficient (Wildman–Crippen LogP) is 0.502. The molecule has 0 amide bonds. The fourth-order valence-corrected chi connectivity index (χ4v) is 2.79. The Morgan fingerprint density at radius 2 is 2.00 bits per heavy atom. The van der Waals surface area contributed by atoms with Crippen molar-refractivity contribution in [3.05, 3.63) is 48.0 Å². The molecule has 0 unspecified atom stereocenters. The second-order valence-corrected chi connectivity index (χ2v) is 6.27. The van der Waals surface area contributed by atoms with Crippen molar-refractivity contribution in [3.8, 4) is 0 Å². The average Bonchev–Trinajstić information content (AvgIpc) is 2.91. The maximum atomic E-state index is 12.8. The van der Waals surface area contributed by atoms with Crippen LogP contribution < -0.4 is 10.5 Å². The molecule has 0 fully saturated rings. The number of benzene rings is 1. The number of sulfonamides is 1. The van der Waals surface area contributed by atoms with Gasteiger partial charge in [0.1, 0.15) is 10.7 Å². The largest absolute Gasteiger partial charge is 0.329 e. The van der Waals surface area contributed by atoms with Crippen LogP contribution in [-0.2, 0) is 23.0 Å². The van der Waals surface area contributed by atoms with Gasteiger partial charge in [0.2, 0.25) is 10.0 Å². The number of nitrogens with two attached hydrogens (primary N) is 1. The van der Waals surface area contributed by atoms with E-state index in [1.807, 2.05) is 0 Å². The summed E-state index contributed by atoms with van der Waals surface area (Å²) in [7, 11) is -3.58. The molecule has 8 heteroatoms. The lowest BCUT2D eigenvalue weighted by atomic mass is 10.1. The van der Waals surface area contributed by atoms with Crippen molar-refractivity contribution in [3.63, 3.8) is 0 Å². The van der Waals surface area contributed by atoms with E-state index in [1.165, 1.54) is 29.2 Å². The monoisotopic (exact) mass is 312 g/mol. The van der Waals surface area contributed by atoms with Crippen LogP contribution in [0.5, 0.6) is 0 Å². The molecule has 0 saturated heterocycles. The van der Waals surface area contributed by atoms with E-state index in [1.54, 1.807) is 12.1 Å². The third-order valence-electron chi connectivity index (χ3n) is 2.90. The summed E-state index contributed by atoms with van der Waals surface area (Å²) >= 11 is 0. The van der Waals surface area contributed by atoms with Crippen molar-refractivity contribution in [2.45, 2.75) is 17.9 Å². The van der Waals surface area contributed by atoms with E-state index in [0.717, 1.165) is 5.56 Å². The van der Waals surface area contributed by atoms with Crippen molar-refractivity contribution in [2.24, 2.45) is 5.73 Å². The van der Waals surface area contributed by atoms with E-state index in [2.05, 4.69) is 9.82 Å². The highest BCUT2D eigenvalue weighted by molar-refractivity contribution is 7.89. The highest BCUT2D eigenvalue weighted by atomic mass is 32.2. The average molecular weight is 312 g/mol. The number of hydrogen-bond acceptors (Lipinski definition) is 4. The first-order valence-corrected chi connectivity index (χ1v) is 7.96. The van der Waals surface area contributed by atoms with Gasteiger partial charge in [-0.25, -0.2) is 17.5 Å². The van der Waals surface area contributed by atoms with Gasteiger partial charge in [0, 0.05) is 19.3 Å².